The number of thioether (sulfide) groups is 1. The zero-order chi connectivity index (χ0) is 17.4. The van der Waals surface area contributed by atoms with Crippen LogP contribution in [-0.4, -0.2) is 21.8 Å². The Morgan fingerprint density at radius 3 is 2.68 bits per heavy atom. The van der Waals surface area contributed by atoms with Crippen molar-refractivity contribution in [1.29, 1.82) is 0 Å². The van der Waals surface area contributed by atoms with Crippen molar-refractivity contribution in [3.63, 3.8) is 0 Å². The van der Waals surface area contributed by atoms with Crippen molar-refractivity contribution in [3.8, 4) is 0 Å². The summed E-state index contributed by atoms with van der Waals surface area (Å²) in [6.07, 6.45) is -0.344. The van der Waals surface area contributed by atoms with Gasteiger partial charge in [-0.15, -0.1) is 5.10 Å². The number of hydrazone groups is 1. The maximum Gasteiger partial charge on any atom is 0.276 e. The summed E-state index contributed by atoms with van der Waals surface area (Å²) in [4.78, 5) is 17.6. The number of carbonyl (C=O) groups excluding carboxylic acids is 1. The topological polar surface area (TPSA) is 57.1 Å². The van der Waals surface area contributed by atoms with E-state index in [4.69, 9.17) is 4.99 Å². The first kappa shape index (κ1) is 15.9. The van der Waals surface area contributed by atoms with Crippen molar-refractivity contribution in [2.45, 2.75) is 20.0 Å². The molecule has 2 aliphatic heterocycles. The minimum Gasteiger partial charge on any atom is -0.298 e. The van der Waals surface area contributed by atoms with Crippen LogP contribution in [0.2, 0.25) is 0 Å². The molecule has 25 heavy (non-hydrogen) atoms. The number of hydrogen-bond donors (Lipinski definition) is 1. The van der Waals surface area contributed by atoms with Crippen LogP contribution in [-0.2, 0) is 4.79 Å². The van der Waals surface area contributed by atoms with E-state index in [1.54, 1.807) is 5.01 Å². The molecular formula is C19H18N4OS. The van der Waals surface area contributed by atoms with Crippen molar-refractivity contribution in [2.75, 3.05) is 5.75 Å². The first-order valence-corrected chi connectivity index (χ1v) is 9.21. The van der Waals surface area contributed by atoms with Crippen LogP contribution in [0.15, 0.2) is 58.6 Å². The van der Waals surface area contributed by atoms with E-state index in [1.807, 2.05) is 43.3 Å². The predicted octanol–water partition coefficient (Wildman–Crippen LogP) is 1.89. The third kappa shape index (κ3) is 2.82. The largest absolute Gasteiger partial charge is 0.298 e. The Morgan fingerprint density at radius 2 is 1.92 bits per heavy atom. The summed E-state index contributed by atoms with van der Waals surface area (Å²) in [5.74, 6) is 0.705. The van der Waals surface area contributed by atoms with Gasteiger partial charge >= 0.3 is 0 Å². The summed E-state index contributed by atoms with van der Waals surface area (Å²) in [5.41, 5.74) is 2.75. The number of nitrogens with zero attached hydrogens (tertiary/aromatic N) is 3. The Hall–Kier alpha value is -2.60. The highest BCUT2D eigenvalue weighted by Gasteiger charge is 2.34. The molecule has 0 aromatic heterocycles. The van der Waals surface area contributed by atoms with Crippen LogP contribution < -0.4 is 15.9 Å². The molecule has 2 heterocycles. The van der Waals surface area contributed by atoms with Gasteiger partial charge in [0.2, 0.25) is 0 Å². The molecule has 2 aliphatic rings. The van der Waals surface area contributed by atoms with Crippen LogP contribution in [0.5, 0.6) is 0 Å². The van der Waals surface area contributed by atoms with Crippen LogP contribution in [0.25, 0.3) is 5.70 Å². The third-order valence-corrected chi connectivity index (χ3v) is 4.92. The summed E-state index contributed by atoms with van der Waals surface area (Å²) < 4.78 is 0. The molecule has 5 nitrogen and oxygen atoms in total. The Bertz CT molecular complexity index is 981. The lowest BCUT2D eigenvalue weighted by Crippen LogP contribution is -2.50. The molecule has 0 saturated carbocycles. The van der Waals surface area contributed by atoms with E-state index in [-0.39, 0.29) is 12.1 Å². The minimum atomic E-state index is -0.344. The van der Waals surface area contributed by atoms with E-state index in [2.05, 4.69) is 29.5 Å². The number of benzene rings is 2. The van der Waals surface area contributed by atoms with Gasteiger partial charge in [-0.2, -0.15) is 0 Å². The number of nitrogens with one attached hydrogen (secondary N) is 1. The average molecular weight is 350 g/mol. The summed E-state index contributed by atoms with van der Waals surface area (Å²) in [7, 11) is 0. The van der Waals surface area contributed by atoms with E-state index >= 15 is 0 Å². The first-order chi connectivity index (χ1) is 12.2. The summed E-state index contributed by atoms with van der Waals surface area (Å²) in [5, 5.41) is 11.6. The standard InChI is InChI=1S/C19H18N4OS/c1-3-25-19-21-18(24)16-14-6-4-5-7-15(14)20-17(23(16)22-19)13-10-8-12(2)9-11-13/h4-11,17H,3H2,1-2H3,(H,21,22,24)/t17-/m0/s1. The molecular weight excluding hydrogens is 332 g/mol. The molecule has 2 aromatic carbocycles. The molecule has 2 aromatic rings. The Kier molecular flexibility index (Phi) is 4.05. The van der Waals surface area contributed by atoms with E-state index in [1.165, 1.54) is 17.3 Å². The molecule has 0 spiro atoms. The Morgan fingerprint density at radius 1 is 1.16 bits per heavy atom. The van der Waals surface area contributed by atoms with Gasteiger partial charge in [0, 0.05) is 5.22 Å². The molecule has 0 radical (unpaired) electrons. The fraction of sp³-hybridized carbons (Fsp3) is 0.211. The Labute approximate surface area is 150 Å². The number of carbonyl (C=O) groups is 1. The van der Waals surface area contributed by atoms with Crippen LogP contribution in [0, 0.1) is 6.92 Å². The van der Waals surface area contributed by atoms with Crippen molar-refractivity contribution in [2.24, 2.45) is 10.1 Å². The fourth-order valence-corrected chi connectivity index (χ4v) is 3.57. The second kappa shape index (κ2) is 6.37. The SMILES string of the molecule is CCSC1=NN2C(=c3ccccc3=N[C@@H]2c2ccc(C)cc2)C(=O)N1. The maximum absolute atomic E-state index is 12.8. The molecule has 0 unspecified atom stereocenters. The second-order valence-corrected chi connectivity index (χ2v) is 7.17. The summed E-state index contributed by atoms with van der Waals surface area (Å²) in [6.45, 7) is 4.09. The Balaban J connectivity index is 1.94. The lowest BCUT2D eigenvalue weighted by Gasteiger charge is -2.34. The van der Waals surface area contributed by atoms with Crippen molar-refractivity contribution >= 4 is 28.5 Å². The highest BCUT2D eigenvalue weighted by molar-refractivity contribution is 8.13. The van der Waals surface area contributed by atoms with Gasteiger partial charge in [-0.05, 0) is 24.3 Å². The number of aryl methyl sites for hydroxylation is 1. The van der Waals surface area contributed by atoms with Gasteiger partial charge in [-0.3, -0.25) is 15.1 Å². The van der Waals surface area contributed by atoms with Crippen LogP contribution in [0.1, 0.15) is 24.2 Å². The van der Waals surface area contributed by atoms with Gasteiger partial charge in [0.1, 0.15) is 5.70 Å². The van der Waals surface area contributed by atoms with Gasteiger partial charge in [-0.25, -0.2) is 5.01 Å². The van der Waals surface area contributed by atoms with E-state index in [0.717, 1.165) is 21.9 Å². The molecule has 6 heteroatoms. The molecule has 0 bridgehead atoms. The summed E-state index contributed by atoms with van der Waals surface area (Å²) in [6, 6.07) is 15.9. The second-order valence-electron chi connectivity index (χ2n) is 5.92. The zero-order valence-electron chi connectivity index (χ0n) is 14.1. The smallest absolute Gasteiger partial charge is 0.276 e. The lowest BCUT2D eigenvalue weighted by molar-refractivity contribution is -0.116. The van der Waals surface area contributed by atoms with Gasteiger partial charge in [-0.1, -0.05) is 66.7 Å². The van der Waals surface area contributed by atoms with Gasteiger partial charge in [0.15, 0.2) is 11.3 Å². The first-order valence-electron chi connectivity index (χ1n) is 8.23. The molecule has 4 rings (SSSR count). The molecule has 0 aliphatic carbocycles. The number of fused-ring (bicyclic) bond motifs is 2. The average Bonchev–Trinajstić information content (AvgIpc) is 2.62. The molecule has 1 atom stereocenters. The minimum absolute atomic E-state index is 0.134. The number of amides is 1. The van der Waals surface area contributed by atoms with Crippen LogP contribution >= 0.6 is 11.8 Å². The van der Waals surface area contributed by atoms with E-state index < -0.39 is 0 Å². The molecule has 0 fully saturated rings. The van der Waals surface area contributed by atoms with Gasteiger partial charge < -0.3 is 0 Å². The molecule has 0 saturated heterocycles. The highest BCUT2D eigenvalue weighted by atomic mass is 32.2. The van der Waals surface area contributed by atoms with E-state index in [0.29, 0.717) is 10.9 Å². The normalized spacial score (nSPS) is 18.7. The number of hydrogen-bond acceptors (Lipinski definition) is 5. The predicted molar refractivity (Wildman–Crippen MR) is 100 cm³/mol. The zero-order valence-corrected chi connectivity index (χ0v) is 14.9. The molecule has 126 valence electrons. The summed E-state index contributed by atoms with van der Waals surface area (Å²) >= 11 is 1.51. The van der Waals surface area contributed by atoms with Crippen LogP contribution in [0.4, 0.5) is 0 Å². The van der Waals surface area contributed by atoms with Crippen LogP contribution in [0.3, 0.4) is 0 Å². The number of para-hydroxylation sites is 1. The number of rotatable bonds is 2. The quantitative estimate of drug-likeness (QED) is 0.900. The molecule has 1 N–H and O–H groups in total. The van der Waals surface area contributed by atoms with Crippen molar-refractivity contribution in [3.05, 3.63) is 70.2 Å². The lowest BCUT2D eigenvalue weighted by atomic mass is 10.1. The van der Waals surface area contributed by atoms with Gasteiger partial charge in [0.25, 0.3) is 5.91 Å². The van der Waals surface area contributed by atoms with E-state index in [9.17, 15) is 4.79 Å². The van der Waals surface area contributed by atoms with Crippen molar-refractivity contribution < 1.29 is 4.79 Å². The highest BCUT2D eigenvalue weighted by Crippen LogP contribution is 2.30. The number of amidine groups is 1. The fourth-order valence-electron chi connectivity index (χ4n) is 2.98. The maximum atomic E-state index is 12.8. The molecule has 1 amide bonds. The third-order valence-electron chi connectivity index (χ3n) is 4.17. The van der Waals surface area contributed by atoms with Gasteiger partial charge in [0.05, 0.1) is 5.36 Å². The monoisotopic (exact) mass is 350 g/mol. The van der Waals surface area contributed by atoms with Crippen molar-refractivity contribution in [1.82, 2.24) is 10.3 Å².